The maximum Gasteiger partial charge on any atom is 0.216 e. The number of para-hydroxylation sites is 1. The molecule has 0 amide bonds. The van der Waals surface area contributed by atoms with Gasteiger partial charge < -0.3 is 4.42 Å². The van der Waals surface area contributed by atoms with E-state index < -0.39 is 0 Å². The van der Waals surface area contributed by atoms with Gasteiger partial charge in [-0.1, -0.05) is 80.6 Å². The molecular weight excluding hydrogens is 438 g/mol. The van der Waals surface area contributed by atoms with Crippen molar-refractivity contribution in [1.29, 1.82) is 0 Å². The summed E-state index contributed by atoms with van der Waals surface area (Å²) in [6.45, 7) is 6.83. The lowest BCUT2D eigenvalue weighted by Gasteiger charge is -2.22. The molecule has 0 unspecified atom stereocenters. The quantitative estimate of drug-likeness (QED) is 0.234. The Kier molecular flexibility index (Phi) is 4.35. The van der Waals surface area contributed by atoms with Crippen LogP contribution in [0.1, 0.15) is 30.5 Å². The molecule has 0 N–H and O–H groups in total. The number of furan rings is 1. The Balaban J connectivity index is 1.48. The van der Waals surface area contributed by atoms with Crippen molar-refractivity contribution in [3.63, 3.8) is 0 Å². The fraction of sp³-hybridized carbons (Fsp3) is 0.147. The minimum absolute atomic E-state index is 0.0317. The van der Waals surface area contributed by atoms with Crippen LogP contribution in [0.4, 0.5) is 0 Å². The number of fused-ring (bicyclic) bond motifs is 6. The number of aromatic nitrogens is 1. The van der Waals surface area contributed by atoms with Gasteiger partial charge in [0, 0.05) is 33.9 Å². The van der Waals surface area contributed by atoms with Gasteiger partial charge >= 0.3 is 0 Å². The third-order valence-electron chi connectivity index (χ3n) is 8.08. The summed E-state index contributed by atoms with van der Waals surface area (Å²) >= 11 is 0. The SMILES string of the molecule is Cc1ccc2c(oc3c(-c4ccc5c(c4)C(C)(C)c4ccccc4-5)cccc32)c1-c1cccc[n+]1C. The Morgan fingerprint density at radius 3 is 2.28 bits per heavy atom. The van der Waals surface area contributed by atoms with Crippen LogP contribution in [0, 0.1) is 6.92 Å². The van der Waals surface area contributed by atoms with Crippen molar-refractivity contribution in [3.05, 3.63) is 114 Å². The molecule has 0 saturated heterocycles. The molecule has 1 aliphatic rings. The van der Waals surface area contributed by atoms with Crippen LogP contribution in [0.2, 0.25) is 0 Å². The van der Waals surface area contributed by atoms with E-state index in [9.17, 15) is 0 Å². The highest BCUT2D eigenvalue weighted by Crippen LogP contribution is 2.50. The minimum atomic E-state index is -0.0317. The highest BCUT2D eigenvalue weighted by atomic mass is 16.3. The lowest BCUT2D eigenvalue weighted by molar-refractivity contribution is -0.660. The molecule has 0 aliphatic heterocycles. The number of nitrogens with zero attached hydrogens (tertiary/aromatic N) is 1. The molecule has 6 aromatic rings. The average molecular weight is 467 g/mol. The van der Waals surface area contributed by atoms with Crippen molar-refractivity contribution in [3.8, 4) is 33.5 Å². The maximum atomic E-state index is 6.78. The highest BCUT2D eigenvalue weighted by Gasteiger charge is 2.35. The summed E-state index contributed by atoms with van der Waals surface area (Å²) in [4.78, 5) is 0. The summed E-state index contributed by atoms with van der Waals surface area (Å²) in [6, 6.07) is 33.0. The monoisotopic (exact) mass is 466 g/mol. The van der Waals surface area contributed by atoms with E-state index in [1.807, 2.05) is 0 Å². The van der Waals surface area contributed by atoms with Crippen LogP contribution in [0.15, 0.2) is 102 Å². The Morgan fingerprint density at radius 1 is 0.667 bits per heavy atom. The number of benzene rings is 4. The van der Waals surface area contributed by atoms with Gasteiger partial charge in [0.1, 0.15) is 18.2 Å². The summed E-state index contributed by atoms with van der Waals surface area (Å²) in [5, 5.41) is 2.32. The summed E-state index contributed by atoms with van der Waals surface area (Å²) in [7, 11) is 2.09. The van der Waals surface area contributed by atoms with E-state index in [2.05, 4.69) is 130 Å². The third kappa shape index (κ3) is 2.82. The topological polar surface area (TPSA) is 17.0 Å². The molecule has 2 heteroatoms. The van der Waals surface area contributed by atoms with E-state index in [1.54, 1.807) is 0 Å². The molecule has 2 aromatic heterocycles. The van der Waals surface area contributed by atoms with Crippen LogP contribution >= 0.6 is 0 Å². The first kappa shape index (κ1) is 21.1. The summed E-state index contributed by atoms with van der Waals surface area (Å²) in [5.41, 5.74) is 13.2. The van der Waals surface area contributed by atoms with Crippen molar-refractivity contribution in [2.24, 2.45) is 7.05 Å². The zero-order valence-electron chi connectivity index (χ0n) is 21.1. The van der Waals surface area contributed by atoms with Crippen LogP contribution in [-0.2, 0) is 12.5 Å². The van der Waals surface area contributed by atoms with Crippen molar-refractivity contribution in [1.82, 2.24) is 0 Å². The van der Waals surface area contributed by atoms with Gasteiger partial charge in [-0.15, -0.1) is 0 Å². The molecular formula is C34H28NO+. The zero-order chi connectivity index (χ0) is 24.6. The van der Waals surface area contributed by atoms with Crippen LogP contribution in [0.25, 0.3) is 55.4 Å². The summed E-state index contributed by atoms with van der Waals surface area (Å²) in [5.74, 6) is 0. The lowest BCUT2D eigenvalue weighted by Crippen LogP contribution is -2.30. The summed E-state index contributed by atoms with van der Waals surface area (Å²) in [6.07, 6.45) is 2.09. The van der Waals surface area contributed by atoms with Crippen LogP contribution in [0.3, 0.4) is 0 Å². The van der Waals surface area contributed by atoms with E-state index in [-0.39, 0.29) is 5.41 Å². The number of hydrogen-bond donors (Lipinski definition) is 0. The van der Waals surface area contributed by atoms with E-state index in [0.717, 1.165) is 38.8 Å². The second kappa shape index (κ2) is 7.41. The molecule has 2 heterocycles. The first-order chi connectivity index (χ1) is 17.4. The molecule has 174 valence electrons. The Morgan fingerprint density at radius 2 is 1.42 bits per heavy atom. The van der Waals surface area contributed by atoms with Gasteiger partial charge in [0.2, 0.25) is 5.69 Å². The first-order valence-corrected chi connectivity index (χ1v) is 12.6. The molecule has 0 spiro atoms. The van der Waals surface area contributed by atoms with Gasteiger partial charge in [-0.25, -0.2) is 4.57 Å². The summed E-state index contributed by atoms with van der Waals surface area (Å²) < 4.78 is 8.94. The highest BCUT2D eigenvalue weighted by molar-refractivity contribution is 6.13. The fourth-order valence-electron chi connectivity index (χ4n) is 6.16. The molecule has 0 bridgehead atoms. The predicted octanol–water partition coefficient (Wildman–Crippen LogP) is 8.36. The van der Waals surface area contributed by atoms with E-state index in [0.29, 0.717) is 0 Å². The normalized spacial score (nSPS) is 13.8. The van der Waals surface area contributed by atoms with Gasteiger partial charge in [-0.3, -0.25) is 0 Å². The standard InChI is InChI=1S/C34H28NO/c1-21-15-17-27-26-12-9-11-23(32(26)36-33(27)31(21)30-14-7-8-19-35(30)4)22-16-18-25-24-10-5-6-13-28(24)34(2,3)29(25)20-22/h5-20H,1-4H3/q+1. The Hall–Kier alpha value is -4.17. The largest absolute Gasteiger partial charge is 0.454 e. The molecule has 36 heavy (non-hydrogen) atoms. The number of rotatable bonds is 2. The molecule has 0 atom stereocenters. The molecule has 1 aliphatic carbocycles. The second-order valence-corrected chi connectivity index (χ2v) is 10.5. The zero-order valence-corrected chi connectivity index (χ0v) is 21.1. The molecule has 0 saturated carbocycles. The van der Waals surface area contributed by atoms with Crippen LogP contribution in [-0.4, -0.2) is 0 Å². The van der Waals surface area contributed by atoms with Gasteiger partial charge in [0.25, 0.3) is 0 Å². The fourth-order valence-corrected chi connectivity index (χ4v) is 6.16. The van der Waals surface area contributed by atoms with Gasteiger partial charge in [0.05, 0.1) is 5.56 Å². The van der Waals surface area contributed by atoms with Crippen molar-refractivity contribution in [2.45, 2.75) is 26.2 Å². The number of aryl methyl sites for hydroxylation is 2. The smallest absolute Gasteiger partial charge is 0.216 e. The Bertz CT molecular complexity index is 1840. The average Bonchev–Trinajstić information content (AvgIpc) is 3.37. The third-order valence-corrected chi connectivity index (χ3v) is 8.08. The van der Waals surface area contributed by atoms with Crippen molar-refractivity contribution >= 4 is 21.9 Å². The van der Waals surface area contributed by atoms with Crippen LogP contribution < -0.4 is 4.57 Å². The lowest BCUT2D eigenvalue weighted by atomic mass is 9.81. The number of hydrogen-bond acceptors (Lipinski definition) is 1. The van der Waals surface area contributed by atoms with Gasteiger partial charge in [-0.05, 0) is 52.4 Å². The van der Waals surface area contributed by atoms with E-state index in [1.165, 1.54) is 33.4 Å². The molecule has 7 rings (SSSR count). The molecule has 0 fully saturated rings. The van der Waals surface area contributed by atoms with Gasteiger partial charge in [-0.2, -0.15) is 0 Å². The van der Waals surface area contributed by atoms with Crippen LogP contribution in [0.5, 0.6) is 0 Å². The predicted molar refractivity (Wildman–Crippen MR) is 148 cm³/mol. The van der Waals surface area contributed by atoms with E-state index in [4.69, 9.17) is 4.42 Å². The van der Waals surface area contributed by atoms with Crippen molar-refractivity contribution in [2.75, 3.05) is 0 Å². The van der Waals surface area contributed by atoms with E-state index >= 15 is 0 Å². The number of pyridine rings is 1. The Labute approximate surface area is 211 Å². The minimum Gasteiger partial charge on any atom is -0.454 e. The van der Waals surface area contributed by atoms with Gasteiger partial charge in [0.15, 0.2) is 6.20 Å². The van der Waals surface area contributed by atoms with Crippen molar-refractivity contribution < 1.29 is 8.98 Å². The first-order valence-electron chi connectivity index (χ1n) is 12.6. The maximum absolute atomic E-state index is 6.78. The molecule has 0 radical (unpaired) electrons. The second-order valence-electron chi connectivity index (χ2n) is 10.5. The molecule has 2 nitrogen and oxygen atoms in total. The molecule has 4 aromatic carbocycles.